The molecule has 2 aromatic carbocycles. The molecule has 0 saturated heterocycles. The van der Waals surface area contributed by atoms with Crippen molar-refractivity contribution in [3.8, 4) is 5.69 Å². The summed E-state index contributed by atoms with van der Waals surface area (Å²) in [4.78, 5) is 35.9. The Morgan fingerprint density at radius 1 is 0.968 bits per heavy atom. The van der Waals surface area contributed by atoms with E-state index in [0.717, 1.165) is 11.3 Å². The lowest BCUT2D eigenvalue weighted by Crippen LogP contribution is -2.22. The zero-order valence-corrected chi connectivity index (χ0v) is 17.5. The number of amides is 1. The van der Waals surface area contributed by atoms with Gasteiger partial charge >= 0.3 is 11.9 Å². The Morgan fingerprint density at radius 3 is 2.23 bits per heavy atom. The molecule has 160 valence electrons. The largest absolute Gasteiger partial charge is 0.465 e. The SMILES string of the molecule is CCOC(=O)c1cnn(-c2ccc(C(=O)NCc3ccc(C(=O)OC)cc3)cc2)c1C. The zero-order valence-electron chi connectivity index (χ0n) is 17.5. The van der Waals surface area contributed by atoms with Crippen LogP contribution in [0, 0.1) is 6.92 Å². The second-order valence-corrected chi connectivity index (χ2v) is 6.69. The smallest absolute Gasteiger partial charge is 0.341 e. The highest BCUT2D eigenvalue weighted by Gasteiger charge is 2.16. The van der Waals surface area contributed by atoms with E-state index in [1.807, 2.05) is 0 Å². The van der Waals surface area contributed by atoms with Crippen LogP contribution in [0.25, 0.3) is 5.69 Å². The fourth-order valence-corrected chi connectivity index (χ4v) is 2.99. The lowest BCUT2D eigenvalue weighted by molar-refractivity contribution is 0.0524. The number of carbonyl (C=O) groups excluding carboxylic acids is 3. The molecule has 0 bridgehead atoms. The van der Waals surface area contributed by atoms with Crippen LogP contribution >= 0.6 is 0 Å². The van der Waals surface area contributed by atoms with Crippen molar-refractivity contribution in [3.63, 3.8) is 0 Å². The number of ether oxygens (including phenoxy) is 2. The highest BCUT2D eigenvalue weighted by molar-refractivity contribution is 5.94. The number of nitrogens with one attached hydrogen (secondary N) is 1. The van der Waals surface area contributed by atoms with E-state index >= 15 is 0 Å². The summed E-state index contributed by atoms with van der Waals surface area (Å²) in [5, 5.41) is 7.09. The van der Waals surface area contributed by atoms with Gasteiger partial charge < -0.3 is 14.8 Å². The molecular weight excluding hydrogens is 398 g/mol. The van der Waals surface area contributed by atoms with Gasteiger partial charge in [-0.05, 0) is 55.8 Å². The maximum absolute atomic E-state index is 12.5. The molecule has 3 aromatic rings. The number of carbonyl (C=O) groups is 3. The third kappa shape index (κ3) is 4.98. The maximum atomic E-state index is 12.5. The van der Waals surface area contributed by atoms with E-state index in [1.165, 1.54) is 13.3 Å². The number of nitrogens with zero attached hydrogens (tertiary/aromatic N) is 2. The number of methoxy groups -OCH3 is 1. The van der Waals surface area contributed by atoms with Crippen LogP contribution in [0.5, 0.6) is 0 Å². The fraction of sp³-hybridized carbons (Fsp3) is 0.217. The molecule has 0 aliphatic rings. The first kappa shape index (κ1) is 21.8. The molecule has 8 heteroatoms. The second-order valence-electron chi connectivity index (χ2n) is 6.69. The zero-order chi connectivity index (χ0) is 22.4. The number of hydrogen-bond acceptors (Lipinski definition) is 6. The number of rotatable bonds is 7. The molecule has 0 unspecified atom stereocenters. The van der Waals surface area contributed by atoms with E-state index in [4.69, 9.17) is 4.74 Å². The Labute approximate surface area is 179 Å². The Balaban J connectivity index is 1.64. The monoisotopic (exact) mass is 421 g/mol. The predicted molar refractivity (Wildman–Crippen MR) is 113 cm³/mol. The number of aromatic nitrogens is 2. The molecule has 0 saturated carbocycles. The summed E-state index contributed by atoms with van der Waals surface area (Å²) < 4.78 is 11.3. The summed E-state index contributed by atoms with van der Waals surface area (Å²) in [6.07, 6.45) is 1.47. The standard InChI is InChI=1S/C23H23N3O5/c1-4-31-23(29)20-14-25-26(15(20)2)19-11-9-17(10-12-19)21(27)24-13-16-5-7-18(8-6-16)22(28)30-3/h5-12,14H,4,13H2,1-3H3,(H,24,27). The first-order valence-corrected chi connectivity index (χ1v) is 9.72. The van der Waals surface area contributed by atoms with Crippen LogP contribution in [0.1, 0.15) is 49.3 Å². The van der Waals surface area contributed by atoms with Gasteiger partial charge in [-0.3, -0.25) is 4.79 Å². The molecule has 0 spiro atoms. The van der Waals surface area contributed by atoms with Crippen LogP contribution in [-0.4, -0.2) is 41.3 Å². The van der Waals surface area contributed by atoms with Crippen molar-refractivity contribution in [1.29, 1.82) is 0 Å². The van der Waals surface area contributed by atoms with Gasteiger partial charge in [-0.25, -0.2) is 14.3 Å². The minimum absolute atomic E-state index is 0.229. The fourth-order valence-electron chi connectivity index (χ4n) is 2.99. The molecule has 1 aromatic heterocycles. The van der Waals surface area contributed by atoms with Gasteiger partial charge in [0.15, 0.2) is 0 Å². The molecule has 3 rings (SSSR count). The lowest BCUT2D eigenvalue weighted by Gasteiger charge is -2.08. The van der Waals surface area contributed by atoms with Crippen molar-refractivity contribution < 1.29 is 23.9 Å². The van der Waals surface area contributed by atoms with Gasteiger partial charge in [0.05, 0.1) is 36.9 Å². The van der Waals surface area contributed by atoms with Gasteiger partial charge in [0.25, 0.3) is 5.91 Å². The van der Waals surface area contributed by atoms with Crippen molar-refractivity contribution in [1.82, 2.24) is 15.1 Å². The molecule has 0 atom stereocenters. The van der Waals surface area contributed by atoms with Crippen LogP contribution in [0.2, 0.25) is 0 Å². The first-order valence-electron chi connectivity index (χ1n) is 9.72. The highest BCUT2D eigenvalue weighted by Crippen LogP contribution is 2.16. The van der Waals surface area contributed by atoms with Gasteiger partial charge in [0, 0.05) is 12.1 Å². The predicted octanol–water partition coefficient (Wildman–Crippen LogP) is 3.07. The Morgan fingerprint density at radius 2 is 1.61 bits per heavy atom. The van der Waals surface area contributed by atoms with Crippen LogP contribution in [0.4, 0.5) is 0 Å². The van der Waals surface area contributed by atoms with E-state index in [1.54, 1.807) is 67.1 Å². The number of benzene rings is 2. The van der Waals surface area contributed by atoms with Gasteiger partial charge in [-0.1, -0.05) is 12.1 Å². The number of esters is 2. The van der Waals surface area contributed by atoms with Crippen molar-refractivity contribution in [2.75, 3.05) is 13.7 Å². The molecule has 31 heavy (non-hydrogen) atoms. The van der Waals surface area contributed by atoms with Crippen LogP contribution in [0.3, 0.4) is 0 Å². The van der Waals surface area contributed by atoms with Gasteiger partial charge in [0.1, 0.15) is 5.56 Å². The Hall–Kier alpha value is -3.94. The van der Waals surface area contributed by atoms with Crippen molar-refractivity contribution in [2.24, 2.45) is 0 Å². The first-order chi connectivity index (χ1) is 14.9. The van der Waals surface area contributed by atoms with Gasteiger partial charge in [0.2, 0.25) is 0 Å². The third-order valence-electron chi connectivity index (χ3n) is 4.71. The average Bonchev–Trinajstić information content (AvgIpc) is 3.19. The lowest BCUT2D eigenvalue weighted by atomic mass is 10.1. The molecule has 1 N–H and O–H groups in total. The van der Waals surface area contributed by atoms with E-state index in [-0.39, 0.29) is 5.91 Å². The molecule has 0 fully saturated rings. The second kappa shape index (κ2) is 9.71. The normalized spacial score (nSPS) is 10.4. The van der Waals surface area contributed by atoms with Crippen molar-refractivity contribution >= 4 is 17.8 Å². The van der Waals surface area contributed by atoms with E-state index < -0.39 is 11.9 Å². The summed E-state index contributed by atoms with van der Waals surface area (Å²) in [6.45, 7) is 4.15. The summed E-state index contributed by atoms with van der Waals surface area (Å²) in [5.74, 6) is -1.05. The van der Waals surface area contributed by atoms with Crippen LogP contribution < -0.4 is 5.32 Å². The van der Waals surface area contributed by atoms with E-state index in [2.05, 4.69) is 15.2 Å². The van der Waals surface area contributed by atoms with E-state index in [0.29, 0.717) is 35.5 Å². The highest BCUT2D eigenvalue weighted by atomic mass is 16.5. The summed E-state index contributed by atoms with van der Waals surface area (Å²) >= 11 is 0. The van der Waals surface area contributed by atoms with Gasteiger partial charge in [-0.15, -0.1) is 0 Å². The van der Waals surface area contributed by atoms with Crippen molar-refractivity contribution in [3.05, 3.63) is 82.7 Å². The van der Waals surface area contributed by atoms with Crippen molar-refractivity contribution in [2.45, 2.75) is 20.4 Å². The summed E-state index contributed by atoms with van der Waals surface area (Å²) in [7, 11) is 1.33. The molecule has 0 aliphatic carbocycles. The molecular formula is C23H23N3O5. The number of hydrogen-bond donors (Lipinski definition) is 1. The Bertz CT molecular complexity index is 1090. The topological polar surface area (TPSA) is 99.5 Å². The quantitative estimate of drug-likeness (QED) is 0.589. The average molecular weight is 421 g/mol. The molecule has 0 radical (unpaired) electrons. The molecule has 8 nitrogen and oxygen atoms in total. The van der Waals surface area contributed by atoms with E-state index in [9.17, 15) is 14.4 Å². The summed E-state index contributed by atoms with van der Waals surface area (Å²) in [5.41, 5.74) is 3.59. The molecule has 1 amide bonds. The molecule has 0 aliphatic heterocycles. The minimum Gasteiger partial charge on any atom is -0.465 e. The summed E-state index contributed by atoms with van der Waals surface area (Å²) in [6, 6.07) is 13.7. The minimum atomic E-state index is -0.415. The maximum Gasteiger partial charge on any atom is 0.341 e. The van der Waals surface area contributed by atoms with Gasteiger partial charge in [-0.2, -0.15) is 5.10 Å². The van der Waals surface area contributed by atoms with Crippen LogP contribution in [0.15, 0.2) is 54.7 Å². The van der Waals surface area contributed by atoms with Crippen LogP contribution in [-0.2, 0) is 16.0 Å². The third-order valence-corrected chi connectivity index (χ3v) is 4.71. The Kier molecular flexibility index (Phi) is 6.81. The molecule has 1 heterocycles.